The molecule has 1 aromatic carbocycles. The highest BCUT2D eigenvalue weighted by atomic mass is 35.5. The van der Waals surface area contributed by atoms with Gasteiger partial charge in [0.15, 0.2) is 0 Å². The minimum Gasteiger partial charge on any atom is -0.507 e. The van der Waals surface area contributed by atoms with Crippen molar-refractivity contribution < 1.29 is 5.11 Å². The maximum atomic E-state index is 9.53. The lowest BCUT2D eigenvalue weighted by Crippen LogP contribution is -1.78. The summed E-state index contributed by atoms with van der Waals surface area (Å²) in [7, 11) is 0. The van der Waals surface area contributed by atoms with Gasteiger partial charge in [-0.3, -0.25) is 0 Å². The number of allylic oxidation sites excluding steroid dienone is 1. The molecule has 0 aromatic heterocycles. The second-order valence-electron chi connectivity index (χ2n) is 2.57. The van der Waals surface area contributed by atoms with Crippen molar-refractivity contribution in [3.63, 3.8) is 0 Å². The molecule has 0 amide bonds. The molecule has 1 aromatic rings. The third-order valence-electron chi connectivity index (χ3n) is 1.66. The molecule has 0 atom stereocenters. The summed E-state index contributed by atoms with van der Waals surface area (Å²) in [6.45, 7) is 1.87. The van der Waals surface area contributed by atoms with Gasteiger partial charge in [-0.05, 0) is 12.5 Å². The lowest BCUT2D eigenvalue weighted by atomic mass is 10.1. The van der Waals surface area contributed by atoms with Gasteiger partial charge in [0.25, 0.3) is 0 Å². The molecule has 0 aliphatic carbocycles. The summed E-state index contributed by atoms with van der Waals surface area (Å²) in [5.74, 6) is 0.798. The van der Waals surface area contributed by atoms with Gasteiger partial charge in [-0.1, -0.05) is 30.4 Å². The van der Waals surface area contributed by atoms with Gasteiger partial charge in [0.1, 0.15) is 5.75 Å². The van der Waals surface area contributed by atoms with Crippen molar-refractivity contribution in [2.75, 3.05) is 5.88 Å². The van der Waals surface area contributed by atoms with Crippen LogP contribution in [0.2, 0.25) is 0 Å². The highest BCUT2D eigenvalue weighted by molar-refractivity contribution is 6.19. The molecule has 12 heavy (non-hydrogen) atoms. The number of hydrogen-bond acceptors (Lipinski definition) is 1. The van der Waals surface area contributed by atoms with Crippen LogP contribution in [0.5, 0.6) is 5.75 Å². The van der Waals surface area contributed by atoms with Gasteiger partial charge < -0.3 is 5.11 Å². The third-order valence-corrected chi connectivity index (χ3v) is 1.83. The molecule has 2 heteroatoms. The largest absolute Gasteiger partial charge is 0.507 e. The maximum absolute atomic E-state index is 9.53. The number of para-hydroxylation sites is 1. The number of rotatable bonds is 2. The third kappa shape index (κ3) is 2.02. The van der Waals surface area contributed by atoms with Crippen LogP contribution in [0, 0.1) is 6.92 Å². The molecular formula is C10H11ClO. The molecule has 0 unspecified atom stereocenters. The number of alkyl halides is 1. The van der Waals surface area contributed by atoms with Gasteiger partial charge in [0.2, 0.25) is 0 Å². The number of aryl methyl sites for hydroxylation is 1. The summed E-state index contributed by atoms with van der Waals surface area (Å²) in [6, 6.07) is 5.63. The topological polar surface area (TPSA) is 20.2 Å². The van der Waals surface area contributed by atoms with E-state index < -0.39 is 0 Å². The average Bonchev–Trinajstić information content (AvgIpc) is 2.08. The fourth-order valence-electron chi connectivity index (χ4n) is 0.988. The quantitative estimate of drug-likeness (QED) is 0.698. The Morgan fingerprint density at radius 2 is 2.25 bits per heavy atom. The fraction of sp³-hybridized carbons (Fsp3) is 0.200. The first-order valence-electron chi connectivity index (χ1n) is 3.77. The van der Waals surface area contributed by atoms with Crippen molar-refractivity contribution in [2.24, 2.45) is 0 Å². The van der Waals surface area contributed by atoms with E-state index in [2.05, 4.69) is 0 Å². The lowest BCUT2D eigenvalue weighted by molar-refractivity contribution is 0.470. The van der Waals surface area contributed by atoms with Gasteiger partial charge in [-0.25, -0.2) is 0 Å². The number of aromatic hydroxyl groups is 1. The van der Waals surface area contributed by atoms with E-state index in [1.165, 1.54) is 0 Å². The van der Waals surface area contributed by atoms with Crippen molar-refractivity contribution in [3.05, 3.63) is 35.4 Å². The SMILES string of the molecule is Cc1cccc(/C=C/CCl)c1O. The zero-order valence-electron chi connectivity index (χ0n) is 6.92. The number of hydrogen-bond donors (Lipinski definition) is 1. The molecule has 1 N–H and O–H groups in total. The normalized spacial score (nSPS) is 10.8. The molecule has 0 bridgehead atoms. The predicted octanol–water partition coefficient (Wildman–Crippen LogP) is 2.95. The summed E-state index contributed by atoms with van der Waals surface area (Å²) in [5, 5.41) is 9.53. The Hall–Kier alpha value is -0.950. The second kappa shape index (κ2) is 4.17. The summed E-state index contributed by atoms with van der Waals surface area (Å²) in [6.07, 6.45) is 3.62. The summed E-state index contributed by atoms with van der Waals surface area (Å²) < 4.78 is 0. The van der Waals surface area contributed by atoms with Crippen molar-refractivity contribution in [3.8, 4) is 5.75 Å². The number of phenols is 1. The zero-order chi connectivity index (χ0) is 8.97. The van der Waals surface area contributed by atoms with Crippen LogP contribution in [0.4, 0.5) is 0 Å². The van der Waals surface area contributed by atoms with Gasteiger partial charge in [0, 0.05) is 11.4 Å². The van der Waals surface area contributed by atoms with E-state index in [1.54, 1.807) is 6.08 Å². The first kappa shape index (κ1) is 9.14. The first-order chi connectivity index (χ1) is 5.75. The van der Waals surface area contributed by atoms with E-state index in [1.807, 2.05) is 31.2 Å². The molecule has 0 saturated heterocycles. The molecule has 1 nitrogen and oxygen atoms in total. The van der Waals surface area contributed by atoms with Crippen molar-refractivity contribution >= 4 is 17.7 Å². The van der Waals surface area contributed by atoms with Gasteiger partial charge >= 0.3 is 0 Å². The molecule has 0 spiro atoms. The van der Waals surface area contributed by atoms with Crippen molar-refractivity contribution in [1.29, 1.82) is 0 Å². The van der Waals surface area contributed by atoms with Crippen molar-refractivity contribution in [1.82, 2.24) is 0 Å². The van der Waals surface area contributed by atoms with Gasteiger partial charge in [-0.15, -0.1) is 11.6 Å². The molecular weight excluding hydrogens is 172 g/mol. The Kier molecular flexibility index (Phi) is 3.18. The molecule has 0 radical (unpaired) electrons. The summed E-state index contributed by atoms with van der Waals surface area (Å²) >= 11 is 5.48. The van der Waals surface area contributed by atoms with Crippen LogP contribution in [-0.4, -0.2) is 11.0 Å². The van der Waals surface area contributed by atoms with Gasteiger partial charge in [-0.2, -0.15) is 0 Å². The average molecular weight is 183 g/mol. The highest BCUT2D eigenvalue weighted by Gasteiger charge is 1.98. The number of benzene rings is 1. The lowest BCUT2D eigenvalue weighted by Gasteiger charge is -2.01. The van der Waals surface area contributed by atoms with Crippen LogP contribution in [0.25, 0.3) is 6.08 Å². The molecule has 0 fully saturated rings. The maximum Gasteiger partial charge on any atom is 0.125 e. The molecule has 64 valence electrons. The van der Waals surface area contributed by atoms with Crippen LogP contribution >= 0.6 is 11.6 Å². The molecule has 0 aliphatic rings. The Labute approximate surface area is 77.3 Å². The van der Waals surface area contributed by atoms with E-state index in [-0.39, 0.29) is 0 Å². The fourth-order valence-corrected chi connectivity index (χ4v) is 1.08. The van der Waals surface area contributed by atoms with E-state index in [0.717, 1.165) is 11.1 Å². The van der Waals surface area contributed by atoms with E-state index in [9.17, 15) is 5.11 Å². The number of halogens is 1. The van der Waals surface area contributed by atoms with Gasteiger partial charge in [0.05, 0.1) is 0 Å². The summed E-state index contributed by atoms with van der Waals surface area (Å²) in [5.41, 5.74) is 1.70. The van der Waals surface area contributed by atoms with Crippen LogP contribution in [0.1, 0.15) is 11.1 Å². The van der Waals surface area contributed by atoms with E-state index in [4.69, 9.17) is 11.6 Å². The molecule has 0 heterocycles. The van der Waals surface area contributed by atoms with Crippen molar-refractivity contribution in [2.45, 2.75) is 6.92 Å². The minimum absolute atomic E-state index is 0.332. The molecule has 0 aliphatic heterocycles. The first-order valence-corrected chi connectivity index (χ1v) is 4.30. The Bertz CT molecular complexity index is 292. The highest BCUT2D eigenvalue weighted by Crippen LogP contribution is 2.22. The summed E-state index contributed by atoms with van der Waals surface area (Å²) in [4.78, 5) is 0. The van der Waals surface area contributed by atoms with Crippen LogP contribution in [-0.2, 0) is 0 Å². The van der Waals surface area contributed by atoms with Crippen LogP contribution in [0.15, 0.2) is 24.3 Å². The predicted molar refractivity (Wildman–Crippen MR) is 52.6 cm³/mol. The van der Waals surface area contributed by atoms with Crippen LogP contribution < -0.4 is 0 Å². The number of phenolic OH excluding ortho intramolecular Hbond substituents is 1. The monoisotopic (exact) mass is 182 g/mol. The standard InChI is InChI=1S/C10H11ClO/c1-8-4-2-5-9(10(8)12)6-3-7-11/h2-6,12H,7H2,1H3/b6-3+. The van der Waals surface area contributed by atoms with E-state index >= 15 is 0 Å². The Balaban J connectivity index is 3.00. The second-order valence-corrected chi connectivity index (χ2v) is 2.88. The molecule has 0 saturated carbocycles. The van der Waals surface area contributed by atoms with E-state index in [0.29, 0.717) is 11.6 Å². The molecule has 1 rings (SSSR count). The van der Waals surface area contributed by atoms with Crippen LogP contribution in [0.3, 0.4) is 0 Å². The Morgan fingerprint density at radius 1 is 1.50 bits per heavy atom. The zero-order valence-corrected chi connectivity index (χ0v) is 7.67. The smallest absolute Gasteiger partial charge is 0.125 e. The Morgan fingerprint density at radius 3 is 2.92 bits per heavy atom. The minimum atomic E-state index is 0.332.